The Morgan fingerprint density at radius 3 is 2.38 bits per heavy atom. The molecular formula is C16H17FN2OS. The molecule has 0 aliphatic rings. The highest BCUT2D eigenvalue weighted by atomic mass is 32.2. The second-order valence-electron chi connectivity index (χ2n) is 4.82. The van der Waals surface area contributed by atoms with Crippen LogP contribution < -0.4 is 0 Å². The summed E-state index contributed by atoms with van der Waals surface area (Å²) < 4.78 is 12.8. The molecule has 2 aromatic rings. The van der Waals surface area contributed by atoms with Gasteiger partial charge in [0.1, 0.15) is 5.82 Å². The van der Waals surface area contributed by atoms with Gasteiger partial charge in [-0.3, -0.25) is 4.79 Å². The number of thioether (sulfide) groups is 1. The van der Waals surface area contributed by atoms with Gasteiger partial charge in [0.2, 0.25) is 0 Å². The molecule has 2 rings (SSSR count). The Bertz CT molecular complexity index is 608. The van der Waals surface area contributed by atoms with E-state index < -0.39 is 0 Å². The number of ketones is 1. The number of aryl methyl sites for hydroxylation is 2. The zero-order valence-electron chi connectivity index (χ0n) is 12.1. The van der Waals surface area contributed by atoms with Crippen LogP contribution in [0.25, 0.3) is 0 Å². The minimum absolute atomic E-state index is 0.0388. The standard InChI is InChI=1S/C16H17FN2OS/c1-11-10-12(2)19-16(18-11)21-9-3-4-15(20)13-5-7-14(17)8-6-13/h5-8,10H,3-4,9H2,1-2H3. The van der Waals surface area contributed by atoms with Crippen LogP contribution in [0.15, 0.2) is 35.5 Å². The molecule has 0 spiro atoms. The fourth-order valence-corrected chi connectivity index (χ4v) is 2.82. The molecule has 0 unspecified atom stereocenters. The number of halogens is 1. The van der Waals surface area contributed by atoms with Gasteiger partial charge in [-0.25, -0.2) is 14.4 Å². The number of hydrogen-bond donors (Lipinski definition) is 0. The first-order chi connectivity index (χ1) is 10.0. The molecule has 0 atom stereocenters. The van der Waals surface area contributed by atoms with E-state index in [2.05, 4.69) is 9.97 Å². The third-order valence-corrected chi connectivity index (χ3v) is 3.84. The van der Waals surface area contributed by atoms with Gasteiger partial charge in [-0.05, 0) is 50.6 Å². The van der Waals surface area contributed by atoms with E-state index in [9.17, 15) is 9.18 Å². The van der Waals surface area contributed by atoms with Gasteiger partial charge in [0, 0.05) is 29.1 Å². The molecule has 21 heavy (non-hydrogen) atoms. The maximum atomic E-state index is 12.8. The minimum atomic E-state index is -0.325. The fourth-order valence-electron chi connectivity index (χ4n) is 1.93. The van der Waals surface area contributed by atoms with E-state index in [-0.39, 0.29) is 11.6 Å². The Kier molecular flexibility index (Phi) is 5.44. The summed E-state index contributed by atoms with van der Waals surface area (Å²) in [7, 11) is 0. The molecule has 0 fully saturated rings. The number of nitrogens with zero attached hydrogens (tertiary/aromatic N) is 2. The monoisotopic (exact) mass is 304 g/mol. The van der Waals surface area contributed by atoms with Crippen LogP contribution in [0, 0.1) is 19.7 Å². The zero-order valence-corrected chi connectivity index (χ0v) is 12.9. The number of benzene rings is 1. The molecule has 0 N–H and O–H groups in total. The molecule has 5 heteroatoms. The van der Waals surface area contributed by atoms with Crippen molar-refractivity contribution >= 4 is 17.5 Å². The average Bonchev–Trinajstić information content (AvgIpc) is 2.43. The summed E-state index contributed by atoms with van der Waals surface area (Å²) in [6.07, 6.45) is 1.20. The Labute approximate surface area is 128 Å². The van der Waals surface area contributed by atoms with Crippen LogP contribution in [0.4, 0.5) is 4.39 Å². The molecule has 1 aromatic heterocycles. The van der Waals surface area contributed by atoms with Gasteiger partial charge in [-0.2, -0.15) is 0 Å². The third-order valence-electron chi connectivity index (χ3n) is 2.91. The lowest BCUT2D eigenvalue weighted by Crippen LogP contribution is -2.00. The van der Waals surface area contributed by atoms with E-state index in [1.807, 2.05) is 19.9 Å². The molecule has 0 saturated heterocycles. The first-order valence-corrected chi connectivity index (χ1v) is 7.77. The summed E-state index contributed by atoms with van der Waals surface area (Å²) in [5.41, 5.74) is 2.46. The van der Waals surface area contributed by atoms with Crippen molar-refractivity contribution in [2.75, 3.05) is 5.75 Å². The van der Waals surface area contributed by atoms with Crippen molar-refractivity contribution in [3.8, 4) is 0 Å². The summed E-state index contributed by atoms with van der Waals surface area (Å²) in [5, 5.41) is 0.752. The number of hydrogen-bond acceptors (Lipinski definition) is 4. The highest BCUT2D eigenvalue weighted by Gasteiger charge is 2.06. The molecular weight excluding hydrogens is 287 g/mol. The highest BCUT2D eigenvalue weighted by Crippen LogP contribution is 2.17. The van der Waals surface area contributed by atoms with Crippen LogP contribution in [-0.4, -0.2) is 21.5 Å². The molecule has 0 amide bonds. The lowest BCUT2D eigenvalue weighted by atomic mass is 10.1. The topological polar surface area (TPSA) is 42.9 Å². The second-order valence-corrected chi connectivity index (χ2v) is 5.88. The van der Waals surface area contributed by atoms with Crippen LogP contribution >= 0.6 is 11.8 Å². The van der Waals surface area contributed by atoms with E-state index in [1.165, 1.54) is 24.3 Å². The van der Waals surface area contributed by atoms with Crippen molar-refractivity contribution in [2.24, 2.45) is 0 Å². The molecule has 0 bridgehead atoms. The SMILES string of the molecule is Cc1cc(C)nc(SCCCC(=O)c2ccc(F)cc2)n1. The van der Waals surface area contributed by atoms with Crippen molar-refractivity contribution < 1.29 is 9.18 Å². The summed E-state index contributed by atoms with van der Waals surface area (Å²) >= 11 is 1.55. The molecule has 110 valence electrons. The third kappa shape index (κ3) is 4.93. The van der Waals surface area contributed by atoms with E-state index in [0.29, 0.717) is 12.0 Å². The van der Waals surface area contributed by atoms with Crippen molar-refractivity contribution in [3.63, 3.8) is 0 Å². The van der Waals surface area contributed by atoms with Gasteiger partial charge in [0.05, 0.1) is 0 Å². The van der Waals surface area contributed by atoms with Crippen LogP contribution in [0.2, 0.25) is 0 Å². The number of carbonyl (C=O) groups excluding carboxylic acids is 1. The normalized spacial score (nSPS) is 10.6. The second kappa shape index (κ2) is 7.31. The molecule has 1 heterocycles. The van der Waals surface area contributed by atoms with Crippen LogP contribution in [0.1, 0.15) is 34.6 Å². The number of aromatic nitrogens is 2. The van der Waals surface area contributed by atoms with Crippen LogP contribution in [0.5, 0.6) is 0 Å². The van der Waals surface area contributed by atoms with Gasteiger partial charge in [-0.15, -0.1) is 0 Å². The van der Waals surface area contributed by atoms with Gasteiger partial charge in [-0.1, -0.05) is 11.8 Å². The lowest BCUT2D eigenvalue weighted by molar-refractivity contribution is 0.0982. The first kappa shape index (κ1) is 15.6. The highest BCUT2D eigenvalue weighted by molar-refractivity contribution is 7.99. The Balaban J connectivity index is 1.79. The molecule has 0 aliphatic carbocycles. The predicted molar refractivity (Wildman–Crippen MR) is 82.2 cm³/mol. The van der Waals surface area contributed by atoms with E-state index in [1.54, 1.807) is 11.8 Å². The summed E-state index contributed by atoms with van der Waals surface area (Å²) in [5.74, 6) is 0.501. The summed E-state index contributed by atoms with van der Waals surface area (Å²) in [6.45, 7) is 3.88. The molecule has 1 aromatic carbocycles. The zero-order chi connectivity index (χ0) is 15.2. The Hall–Kier alpha value is -1.75. The number of carbonyl (C=O) groups is 1. The first-order valence-electron chi connectivity index (χ1n) is 6.78. The predicted octanol–water partition coefficient (Wildman–Crippen LogP) is 3.99. The lowest BCUT2D eigenvalue weighted by Gasteiger charge is -2.03. The van der Waals surface area contributed by atoms with E-state index >= 15 is 0 Å². The van der Waals surface area contributed by atoms with Crippen molar-refractivity contribution in [1.29, 1.82) is 0 Å². The van der Waals surface area contributed by atoms with E-state index in [4.69, 9.17) is 0 Å². The Morgan fingerprint density at radius 1 is 1.14 bits per heavy atom. The van der Waals surface area contributed by atoms with Crippen LogP contribution in [-0.2, 0) is 0 Å². The van der Waals surface area contributed by atoms with Crippen molar-refractivity contribution in [2.45, 2.75) is 31.8 Å². The maximum Gasteiger partial charge on any atom is 0.187 e. The fraction of sp³-hybridized carbons (Fsp3) is 0.312. The summed E-state index contributed by atoms with van der Waals surface area (Å²) in [4.78, 5) is 20.6. The molecule has 3 nitrogen and oxygen atoms in total. The van der Waals surface area contributed by atoms with Gasteiger partial charge < -0.3 is 0 Å². The molecule has 0 radical (unpaired) electrons. The maximum absolute atomic E-state index is 12.8. The molecule has 0 saturated carbocycles. The van der Waals surface area contributed by atoms with Gasteiger partial charge >= 0.3 is 0 Å². The van der Waals surface area contributed by atoms with Crippen molar-refractivity contribution in [3.05, 3.63) is 53.1 Å². The number of rotatable bonds is 6. The van der Waals surface area contributed by atoms with Gasteiger partial charge in [0.15, 0.2) is 10.9 Å². The van der Waals surface area contributed by atoms with Crippen molar-refractivity contribution in [1.82, 2.24) is 9.97 Å². The quantitative estimate of drug-likeness (QED) is 0.350. The summed E-state index contributed by atoms with van der Waals surface area (Å²) in [6, 6.07) is 7.61. The minimum Gasteiger partial charge on any atom is -0.294 e. The average molecular weight is 304 g/mol. The van der Waals surface area contributed by atoms with Gasteiger partial charge in [0.25, 0.3) is 0 Å². The largest absolute Gasteiger partial charge is 0.294 e. The molecule has 0 aliphatic heterocycles. The smallest absolute Gasteiger partial charge is 0.187 e. The number of Topliss-reactive ketones (excluding diaryl/α,β-unsaturated/α-hetero) is 1. The van der Waals surface area contributed by atoms with Crippen LogP contribution in [0.3, 0.4) is 0 Å². The van der Waals surface area contributed by atoms with E-state index in [0.717, 1.165) is 28.7 Å². The Morgan fingerprint density at radius 2 is 1.76 bits per heavy atom.